The highest BCUT2D eigenvalue weighted by Gasteiger charge is 2.28. The number of unbranched alkanes of at least 4 members (excludes halogenated alkanes) is 1. The molecule has 0 bridgehead atoms. The van der Waals surface area contributed by atoms with E-state index in [2.05, 4.69) is 28.8 Å². The van der Waals surface area contributed by atoms with Gasteiger partial charge < -0.3 is 15.0 Å². The third kappa shape index (κ3) is 7.28. The Bertz CT molecular complexity index is 762. The first kappa shape index (κ1) is 23.6. The highest BCUT2D eigenvalue weighted by atomic mass is 32.2. The zero-order valence-corrected chi connectivity index (χ0v) is 19.0. The van der Waals surface area contributed by atoms with Gasteiger partial charge in [-0.05, 0) is 71.7 Å². The SMILES string of the molecule is C[C@@H]1CN(c2ccc(NC(=O)CCCCNS(=O)(=O)C(C)(C)C)cc2)C[C@@H](C)O1. The summed E-state index contributed by atoms with van der Waals surface area (Å²) in [7, 11) is -3.33. The van der Waals surface area contributed by atoms with Gasteiger partial charge in [0.2, 0.25) is 15.9 Å². The molecule has 0 aliphatic carbocycles. The smallest absolute Gasteiger partial charge is 0.224 e. The minimum Gasteiger partial charge on any atom is -0.372 e. The number of nitrogens with zero attached hydrogens (tertiary/aromatic N) is 1. The molecular weight excluding hydrogens is 390 g/mol. The van der Waals surface area contributed by atoms with Crippen molar-refractivity contribution >= 4 is 27.3 Å². The molecule has 1 aliphatic heterocycles. The first-order valence-corrected chi connectivity index (χ1v) is 11.8. The Morgan fingerprint density at radius 3 is 2.24 bits per heavy atom. The monoisotopic (exact) mass is 425 g/mol. The van der Waals surface area contributed by atoms with Gasteiger partial charge in [0.15, 0.2) is 0 Å². The molecule has 29 heavy (non-hydrogen) atoms. The van der Waals surface area contributed by atoms with Crippen LogP contribution in [-0.2, 0) is 19.6 Å². The van der Waals surface area contributed by atoms with Gasteiger partial charge in [-0.3, -0.25) is 4.79 Å². The standard InChI is InChI=1S/C21H35N3O4S/c1-16-14-24(15-17(2)28-16)19-11-9-18(10-12-19)23-20(25)8-6-7-13-22-29(26,27)21(3,4)5/h9-12,16-17,22H,6-8,13-15H2,1-5H3,(H,23,25)/t16-,17-/m1/s1. The molecule has 0 saturated carbocycles. The van der Waals surface area contributed by atoms with E-state index >= 15 is 0 Å². The normalized spacial score (nSPS) is 20.5. The minimum absolute atomic E-state index is 0.0648. The van der Waals surface area contributed by atoms with Gasteiger partial charge in [-0.25, -0.2) is 13.1 Å². The van der Waals surface area contributed by atoms with E-state index < -0.39 is 14.8 Å². The van der Waals surface area contributed by atoms with Crippen LogP contribution >= 0.6 is 0 Å². The lowest BCUT2D eigenvalue weighted by atomic mass is 10.2. The molecule has 2 rings (SSSR count). The summed E-state index contributed by atoms with van der Waals surface area (Å²) in [5.74, 6) is -0.0648. The van der Waals surface area contributed by atoms with Crippen molar-refractivity contribution < 1.29 is 17.9 Å². The summed E-state index contributed by atoms with van der Waals surface area (Å²) in [6, 6.07) is 7.86. The van der Waals surface area contributed by atoms with Crippen molar-refractivity contribution in [3.63, 3.8) is 0 Å². The molecule has 0 aromatic heterocycles. The summed E-state index contributed by atoms with van der Waals surface area (Å²) >= 11 is 0. The van der Waals surface area contributed by atoms with Gasteiger partial charge in [-0.1, -0.05) is 0 Å². The number of morpholine rings is 1. The molecule has 0 spiro atoms. The Hall–Kier alpha value is -1.64. The zero-order valence-electron chi connectivity index (χ0n) is 18.2. The van der Waals surface area contributed by atoms with Crippen molar-refractivity contribution in [2.45, 2.75) is 70.8 Å². The van der Waals surface area contributed by atoms with Crippen molar-refractivity contribution in [2.75, 3.05) is 29.9 Å². The minimum atomic E-state index is -3.33. The Morgan fingerprint density at radius 2 is 1.69 bits per heavy atom. The summed E-state index contributed by atoms with van der Waals surface area (Å²) in [4.78, 5) is 14.4. The van der Waals surface area contributed by atoms with E-state index in [0.29, 0.717) is 25.8 Å². The summed E-state index contributed by atoms with van der Waals surface area (Å²) in [5, 5.41) is 2.90. The van der Waals surface area contributed by atoms with Gasteiger partial charge in [0, 0.05) is 37.4 Å². The molecule has 7 nitrogen and oxygen atoms in total. The van der Waals surface area contributed by atoms with E-state index in [1.807, 2.05) is 24.3 Å². The Kier molecular flexibility index (Phi) is 8.08. The molecule has 1 heterocycles. The van der Waals surface area contributed by atoms with Crippen LogP contribution in [0, 0.1) is 0 Å². The number of carbonyl (C=O) groups excluding carboxylic acids is 1. The highest BCUT2D eigenvalue weighted by Crippen LogP contribution is 2.22. The molecule has 1 aromatic carbocycles. The molecule has 8 heteroatoms. The Balaban J connectivity index is 1.73. The van der Waals surface area contributed by atoms with Gasteiger partial charge in [0.25, 0.3) is 0 Å². The van der Waals surface area contributed by atoms with E-state index in [-0.39, 0.29) is 18.1 Å². The van der Waals surface area contributed by atoms with E-state index in [1.54, 1.807) is 20.8 Å². The van der Waals surface area contributed by atoms with E-state index in [9.17, 15) is 13.2 Å². The first-order chi connectivity index (χ1) is 13.5. The molecular formula is C21H35N3O4S. The summed E-state index contributed by atoms with van der Waals surface area (Å²) in [5.41, 5.74) is 1.89. The first-order valence-electron chi connectivity index (χ1n) is 10.3. The molecule has 0 unspecified atom stereocenters. The number of nitrogens with one attached hydrogen (secondary N) is 2. The predicted octanol–water partition coefficient (Wildman–Crippen LogP) is 3.13. The number of rotatable bonds is 8. The van der Waals surface area contributed by atoms with Crippen LogP contribution in [0.15, 0.2) is 24.3 Å². The zero-order chi connectivity index (χ0) is 21.7. The molecule has 1 aromatic rings. The van der Waals surface area contributed by atoms with Crippen molar-refractivity contribution in [3.05, 3.63) is 24.3 Å². The summed E-state index contributed by atoms with van der Waals surface area (Å²) in [6.07, 6.45) is 2.00. The van der Waals surface area contributed by atoms with Crippen LogP contribution in [0.1, 0.15) is 53.9 Å². The maximum atomic E-state index is 12.1. The number of benzene rings is 1. The van der Waals surface area contributed by atoms with Crippen LogP contribution in [0.25, 0.3) is 0 Å². The lowest BCUT2D eigenvalue weighted by molar-refractivity contribution is -0.116. The fourth-order valence-corrected chi connectivity index (χ4v) is 4.05. The number of sulfonamides is 1. The molecule has 1 fully saturated rings. The second kappa shape index (κ2) is 9.91. The van der Waals surface area contributed by atoms with Crippen molar-refractivity contribution in [2.24, 2.45) is 0 Å². The molecule has 2 N–H and O–H groups in total. The predicted molar refractivity (Wildman–Crippen MR) is 118 cm³/mol. The molecule has 164 valence electrons. The Morgan fingerprint density at radius 1 is 1.10 bits per heavy atom. The molecule has 0 radical (unpaired) electrons. The fourth-order valence-electron chi connectivity index (χ4n) is 3.20. The van der Waals surface area contributed by atoms with Gasteiger partial charge in [-0.2, -0.15) is 0 Å². The lowest BCUT2D eigenvalue weighted by Crippen LogP contribution is -2.45. The highest BCUT2D eigenvalue weighted by molar-refractivity contribution is 7.90. The number of hydrogen-bond donors (Lipinski definition) is 2. The molecule has 2 atom stereocenters. The quantitative estimate of drug-likeness (QED) is 0.625. The number of anilines is 2. The maximum absolute atomic E-state index is 12.1. The number of carbonyl (C=O) groups is 1. The molecule has 1 saturated heterocycles. The van der Waals surface area contributed by atoms with E-state index in [1.165, 1.54) is 0 Å². The van der Waals surface area contributed by atoms with Crippen molar-refractivity contribution in [3.8, 4) is 0 Å². The average Bonchev–Trinajstić information content (AvgIpc) is 2.60. The van der Waals surface area contributed by atoms with E-state index in [0.717, 1.165) is 24.5 Å². The molecule has 1 aliphatic rings. The third-order valence-electron chi connectivity index (χ3n) is 4.86. The second-order valence-electron chi connectivity index (χ2n) is 8.72. The van der Waals surface area contributed by atoms with Crippen LogP contribution in [0.5, 0.6) is 0 Å². The van der Waals surface area contributed by atoms with Crippen LogP contribution in [0.3, 0.4) is 0 Å². The van der Waals surface area contributed by atoms with Crippen LogP contribution < -0.4 is 14.9 Å². The van der Waals surface area contributed by atoms with Gasteiger partial charge >= 0.3 is 0 Å². The van der Waals surface area contributed by atoms with E-state index in [4.69, 9.17) is 4.74 Å². The topological polar surface area (TPSA) is 87.7 Å². The number of ether oxygens (including phenoxy) is 1. The average molecular weight is 426 g/mol. The summed E-state index contributed by atoms with van der Waals surface area (Å²) in [6.45, 7) is 11.2. The van der Waals surface area contributed by atoms with Crippen LogP contribution in [-0.4, -0.2) is 50.9 Å². The number of hydrogen-bond acceptors (Lipinski definition) is 5. The fraction of sp³-hybridized carbons (Fsp3) is 0.667. The third-order valence-corrected chi connectivity index (χ3v) is 7.06. The summed E-state index contributed by atoms with van der Waals surface area (Å²) < 4.78 is 31.5. The lowest BCUT2D eigenvalue weighted by Gasteiger charge is -2.36. The van der Waals surface area contributed by atoms with Gasteiger partial charge in [-0.15, -0.1) is 0 Å². The van der Waals surface area contributed by atoms with Crippen LogP contribution in [0.2, 0.25) is 0 Å². The van der Waals surface area contributed by atoms with Gasteiger partial charge in [0.1, 0.15) is 0 Å². The van der Waals surface area contributed by atoms with Crippen LogP contribution in [0.4, 0.5) is 11.4 Å². The maximum Gasteiger partial charge on any atom is 0.224 e. The number of amides is 1. The van der Waals surface area contributed by atoms with Crippen molar-refractivity contribution in [1.29, 1.82) is 0 Å². The molecule has 1 amide bonds. The van der Waals surface area contributed by atoms with Gasteiger partial charge in [0.05, 0.1) is 17.0 Å². The second-order valence-corrected chi connectivity index (χ2v) is 11.2. The Labute approximate surface area is 175 Å². The van der Waals surface area contributed by atoms with Crippen molar-refractivity contribution in [1.82, 2.24) is 4.72 Å². The largest absolute Gasteiger partial charge is 0.372 e.